The largest absolute Gasteiger partial charge is 0.490 e. The molecule has 9 nitrogen and oxygen atoms in total. The zero-order chi connectivity index (χ0) is 33.0. The molecule has 0 fully saturated rings. The summed E-state index contributed by atoms with van der Waals surface area (Å²) in [6.45, 7) is 0.469. The first kappa shape index (κ1) is 34.8. The summed E-state index contributed by atoms with van der Waals surface area (Å²) < 4.78 is 31.7. The molecule has 1 aliphatic rings. The molecule has 4 rings (SSSR count). The van der Waals surface area contributed by atoms with Gasteiger partial charge in [0.1, 0.15) is 6.54 Å². The van der Waals surface area contributed by atoms with E-state index in [2.05, 4.69) is 0 Å². The van der Waals surface area contributed by atoms with Crippen LogP contribution in [0.1, 0.15) is 65.2 Å². The van der Waals surface area contributed by atoms with Crippen molar-refractivity contribution in [2.24, 2.45) is 5.73 Å². The van der Waals surface area contributed by atoms with E-state index in [-0.39, 0.29) is 31.3 Å². The molecule has 0 aromatic heterocycles. The molecule has 1 heterocycles. The normalized spacial score (nSPS) is 13.2. The van der Waals surface area contributed by atoms with Gasteiger partial charge in [0.25, 0.3) is 5.91 Å². The predicted octanol–water partition coefficient (Wildman–Crippen LogP) is 5.43. The second-order valence-electron chi connectivity index (χ2n) is 10.5. The molecule has 240 valence electrons. The Bertz CT molecular complexity index is 1410. The van der Waals surface area contributed by atoms with Gasteiger partial charge in [-0.1, -0.05) is 79.6 Å². The van der Waals surface area contributed by atoms with Gasteiger partial charge in [0.2, 0.25) is 5.91 Å². The molecule has 0 saturated carbocycles. The van der Waals surface area contributed by atoms with E-state index in [1.165, 1.54) is 4.90 Å². The lowest BCUT2D eigenvalue weighted by molar-refractivity contribution is -0.192. The third kappa shape index (κ3) is 9.90. The topological polar surface area (TPSA) is 141 Å². The molecule has 45 heavy (non-hydrogen) atoms. The van der Waals surface area contributed by atoms with E-state index in [0.29, 0.717) is 17.8 Å². The van der Waals surface area contributed by atoms with Crippen molar-refractivity contribution in [3.63, 3.8) is 0 Å². The van der Waals surface area contributed by atoms with Gasteiger partial charge in [-0.05, 0) is 54.6 Å². The van der Waals surface area contributed by atoms with Gasteiger partial charge in [0, 0.05) is 6.54 Å². The molecule has 0 spiro atoms. The van der Waals surface area contributed by atoms with Gasteiger partial charge in [-0.3, -0.25) is 19.3 Å². The van der Waals surface area contributed by atoms with Crippen molar-refractivity contribution in [2.75, 3.05) is 24.5 Å². The van der Waals surface area contributed by atoms with Crippen LogP contribution in [0.3, 0.4) is 0 Å². The fourth-order valence-corrected chi connectivity index (χ4v) is 5.02. The number of carboxylic acid groups (broad SMARTS) is 2. The summed E-state index contributed by atoms with van der Waals surface area (Å²) in [7, 11) is 0. The molecule has 2 amide bonds. The van der Waals surface area contributed by atoms with Crippen molar-refractivity contribution >= 4 is 29.4 Å². The second-order valence-corrected chi connectivity index (χ2v) is 10.5. The Kier molecular flexibility index (Phi) is 12.7. The number of amides is 2. The number of anilines is 1. The number of carboxylic acids is 2. The monoisotopic (exact) mass is 627 g/mol. The minimum atomic E-state index is -5.08. The maximum absolute atomic E-state index is 13.9. The first-order valence-electron chi connectivity index (χ1n) is 14.5. The molecule has 3 aromatic rings. The molecule has 4 N–H and O–H groups in total. The van der Waals surface area contributed by atoms with E-state index in [1.54, 1.807) is 4.90 Å². The van der Waals surface area contributed by atoms with Crippen LogP contribution in [-0.4, -0.2) is 64.7 Å². The van der Waals surface area contributed by atoms with Crippen LogP contribution in [0.5, 0.6) is 0 Å². The van der Waals surface area contributed by atoms with Crippen LogP contribution in [0.15, 0.2) is 78.9 Å². The number of aryl methyl sites for hydroxylation is 1. The zero-order valence-electron chi connectivity index (χ0n) is 24.6. The number of hydrogen-bond acceptors (Lipinski definition) is 5. The minimum absolute atomic E-state index is 0.0299. The lowest BCUT2D eigenvalue weighted by Crippen LogP contribution is -2.42. The van der Waals surface area contributed by atoms with Crippen LogP contribution >= 0.6 is 0 Å². The highest BCUT2D eigenvalue weighted by molar-refractivity contribution is 6.10. The third-order valence-electron chi connectivity index (χ3n) is 7.18. The van der Waals surface area contributed by atoms with E-state index in [9.17, 15) is 32.7 Å². The van der Waals surface area contributed by atoms with E-state index in [0.717, 1.165) is 48.8 Å². The van der Waals surface area contributed by atoms with Crippen molar-refractivity contribution in [3.8, 4) is 0 Å². The number of halogens is 3. The Hall–Kier alpha value is -4.71. The fraction of sp³-hybridized carbons (Fsp3) is 0.333. The van der Waals surface area contributed by atoms with E-state index in [1.807, 2.05) is 78.9 Å². The van der Waals surface area contributed by atoms with Gasteiger partial charge in [0.05, 0.1) is 23.7 Å². The number of benzene rings is 3. The van der Waals surface area contributed by atoms with Gasteiger partial charge in [0.15, 0.2) is 0 Å². The number of rotatable bonds is 12. The quantitative estimate of drug-likeness (QED) is 0.227. The van der Waals surface area contributed by atoms with Gasteiger partial charge in [-0.2, -0.15) is 13.2 Å². The SMILES string of the molecule is NCCCCCCc1ccc2c(c1)C(=O)N(CCC(=O)O)CC(=O)N2C(c1ccccc1)c1ccccc1.O=C(O)C(F)(F)F. The average Bonchev–Trinajstić information content (AvgIpc) is 3.11. The number of carbonyl (C=O) groups excluding carboxylic acids is 2. The summed E-state index contributed by atoms with van der Waals surface area (Å²) in [5.41, 5.74) is 9.45. The molecule has 0 atom stereocenters. The number of aliphatic carboxylic acids is 2. The summed E-state index contributed by atoms with van der Waals surface area (Å²) in [5, 5.41) is 16.4. The van der Waals surface area contributed by atoms with Gasteiger partial charge < -0.3 is 20.8 Å². The highest BCUT2D eigenvalue weighted by Crippen LogP contribution is 2.37. The Labute approximate surface area is 259 Å². The molecule has 3 aromatic carbocycles. The second kappa shape index (κ2) is 16.4. The van der Waals surface area contributed by atoms with E-state index >= 15 is 0 Å². The number of alkyl halides is 3. The maximum Gasteiger partial charge on any atom is 0.490 e. The van der Waals surface area contributed by atoms with E-state index < -0.39 is 24.2 Å². The third-order valence-corrected chi connectivity index (χ3v) is 7.18. The lowest BCUT2D eigenvalue weighted by atomic mass is 9.95. The first-order chi connectivity index (χ1) is 21.4. The molecule has 1 aliphatic heterocycles. The summed E-state index contributed by atoms with van der Waals surface area (Å²) in [4.78, 5) is 50.9. The lowest BCUT2D eigenvalue weighted by Gasteiger charge is -2.33. The van der Waals surface area contributed by atoms with Crippen LogP contribution in [0.2, 0.25) is 0 Å². The molecular formula is C33H36F3N3O6. The Morgan fingerprint density at radius 2 is 1.40 bits per heavy atom. The molecule has 0 aliphatic carbocycles. The molecule has 0 unspecified atom stereocenters. The number of unbranched alkanes of at least 4 members (excludes halogenated alkanes) is 3. The first-order valence-corrected chi connectivity index (χ1v) is 14.5. The van der Waals surface area contributed by atoms with Crippen LogP contribution in [0, 0.1) is 0 Å². The Morgan fingerprint density at radius 1 is 0.844 bits per heavy atom. The van der Waals surface area contributed by atoms with Crippen LogP contribution < -0.4 is 10.6 Å². The maximum atomic E-state index is 13.9. The fourth-order valence-electron chi connectivity index (χ4n) is 5.02. The van der Waals surface area contributed by atoms with E-state index in [4.69, 9.17) is 15.6 Å². The Morgan fingerprint density at radius 3 is 1.91 bits per heavy atom. The number of fused-ring (bicyclic) bond motifs is 1. The van der Waals surface area contributed by atoms with Gasteiger partial charge >= 0.3 is 18.1 Å². The smallest absolute Gasteiger partial charge is 0.481 e. The summed E-state index contributed by atoms with van der Waals surface area (Å²) in [6, 6.07) is 24.8. The number of nitrogens with zero attached hydrogens (tertiary/aromatic N) is 2. The van der Waals surface area contributed by atoms with Gasteiger partial charge in [-0.25, -0.2) is 4.79 Å². The molecule has 12 heteroatoms. The number of nitrogens with two attached hydrogens (primary N) is 1. The minimum Gasteiger partial charge on any atom is -0.481 e. The Balaban J connectivity index is 0.000000707. The summed E-state index contributed by atoms with van der Waals surface area (Å²) >= 11 is 0. The molecular weight excluding hydrogens is 591 g/mol. The van der Waals surface area contributed by atoms with Crippen molar-refractivity contribution in [1.82, 2.24) is 4.90 Å². The van der Waals surface area contributed by atoms with Gasteiger partial charge in [-0.15, -0.1) is 0 Å². The van der Waals surface area contributed by atoms with Crippen molar-refractivity contribution in [2.45, 2.75) is 50.7 Å². The summed E-state index contributed by atoms with van der Waals surface area (Å²) in [5.74, 6) is -4.34. The highest BCUT2D eigenvalue weighted by atomic mass is 19.4. The number of carbonyl (C=O) groups is 4. The van der Waals surface area contributed by atoms with Crippen molar-refractivity contribution in [3.05, 3.63) is 101 Å². The highest BCUT2D eigenvalue weighted by Gasteiger charge is 2.38. The van der Waals surface area contributed by atoms with Crippen LogP contribution in [0.4, 0.5) is 18.9 Å². The predicted molar refractivity (Wildman–Crippen MR) is 162 cm³/mol. The van der Waals surface area contributed by atoms with Crippen molar-refractivity contribution < 1.29 is 42.6 Å². The molecule has 0 saturated heterocycles. The van der Waals surface area contributed by atoms with Crippen LogP contribution in [-0.2, 0) is 20.8 Å². The standard InChI is InChI=1S/C31H35N3O4.C2HF3O2/c32-19-10-2-1-5-11-23-16-17-27-26(21-23)31(38)33(20-18-29(36)37)22-28(35)34(27)30(24-12-6-3-7-13-24)25-14-8-4-9-15-25;3-2(4,5)1(6)7/h3-4,6-9,12-17,21,30H,1-2,5,10-11,18-20,22,32H2,(H,36,37);(H,6,7). The molecule has 0 radical (unpaired) electrons. The summed E-state index contributed by atoms with van der Waals surface area (Å²) in [6.07, 6.45) is -0.387. The van der Waals surface area contributed by atoms with Crippen LogP contribution in [0.25, 0.3) is 0 Å². The van der Waals surface area contributed by atoms with Crippen molar-refractivity contribution in [1.29, 1.82) is 0 Å². The number of hydrogen-bond donors (Lipinski definition) is 3. The zero-order valence-corrected chi connectivity index (χ0v) is 24.6. The molecule has 0 bridgehead atoms. The average molecular weight is 628 g/mol.